The van der Waals surface area contributed by atoms with Crippen LogP contribution in [0.4, 0.5) is 5.88 Å². The molecule has 0 spiro atoms. The molecule has 3 heterocycles. The van der Waals surface area contributed by atoms with Crippen LogP contribution in [-0.4, -0.2) is 15.1 Å². The molecule has 0 saturated heterocycles. The molecule has 1 aliphatic heterocycles. The van der Waals surface area contributed by atoms with E-state index >= 15 is 0 Å². The lowest BCUT2D eigenvalue weighted by Crippen LogP contribution is -2.20. The van der Waals surface area contributed by atoms with E-state index in [0.717, 1.165) is 10.0 Å². The van der Waals surface area contributed by atoms with Gasteiger partial charge in [0.1, 0.15) is 22.3 Å². The summed E-state index contributed by atoms with van der Waals surface area (Å²) in [7, 11) is 0. The fourth-order valence-electron chi connectivity index (χ4n) is 2.96. The molecule has 0 radical (unpaired) electrons. The molecule has 2 aromatic heterocycles. The minimum Gasteiger partial charge on any atom is -0.420 e. The van der Waals surface area contributed by atoms with E-state index in [1.807, 2.05) is 30.3 Å². The molecule has 0 bridgehead atoms. The molecule has 1 atom stereocenters. The lowest BCUT2D eigenvalue weighted by Gasteiger charge is -2.21. The van der Waals surface area contributed by atoms with Crippen LogP contribution in [0, 0.1) is 21.4 Å². The second-order valence-corrected chi connectivity index (χ2v) is 6.60. The van der Waals surface area contributed by atoms with Gasteiger partial charge in [-0.05, 0) is 18.2 Å². The number of H-pyrrole nitrogens is 1. The first kappa shape index (κ1) is 16.9. The predicted molar refractivity (Wildman–Crippen MR) is 96.4 cm³/mol. The summed E-state index contributed by atoms with van der Waals surface area (Å²) in [5, 5.41) is 27.6. The topological polar surface area (TPSA) is 144 Å². The maximum atomic E-state index is 11.0. The van der Waals surface area contributed by atoms with Gasteiger partial charge in [0.15, 0.2) is 0 Å². The Morgan fingerprint density at radius 3 is 2.67 bits per heavy atom. The van der Waals surface area contributed by atoms with Gasteiger partial charge in [-0.2, -0.15) is 5.26 Å². The number of allylic oxidation sites excluding steroid dienone is 1. The van der Waals surface area contributed by atoms with Crippen molar-refractivity contribution in [1.82, 2.24) is 10.2 Å². The van der Waals surface area contributed by atoms with E-state index in [1.54, 1.807) is 0 Å². The van der Waals surface area contributed by atoms with Gasteiger partial charge in [-0.15, -0.1) is 5.10 Å². The molecular weight excluding hydrogens is 418 g/mol. The van der Waals surface area contributed by atoms with Crippen molar-refractivity contribution in [3.05, 3.63) is 73.8 Å². The van der Waals surface area contributed by atoms with E-state index in [4.69, 9.17) is 14.9 Å². The molecule has 4 rings (SSSR count). The van der Waals surface area contributed by atoms with Crippen molar-refractivity contribution < 1.29 is 14.1 Å². The fourth-order valence-corrected chi connectivity index (χ4v) is 3.23. The second-order valence-electron chi connectivity index (χ2n) is 5.68. The minimum absolute atomic E-state index is 0.0894. The summed E-state index contributed by atoms with van der Waals surface area (Å²) >= 11 is 3.38. The highest BCUT2D eigenvalue weighted by Crippen LogP contribution is 2.46. The zero-order chi connectivity index (χ0) is 19.1. The molecule has 0 saturated carbocycles. The molecular formula is C17H10BrN5O4. The molecule has 0 aliphatic carbocycles. The summed E-state index contributed by atoms with van der Waals surface area (Å²) in [4.78, 5) is 10.3. The quantitative estimate of drug-likeness (QED) is 0.479. The third-order valence-corrected chi connectivity index (χ3v) is 4.68. The van der Waals surface area contributed by atoms with Crippen LogP contribution in [0.25, 0.3) is 11.3 Å². The number of rotatable bonds is 3. The van der Waals surface area contributed by atoms with Crippen LogP contribution in [0.2, 0.25) is 0 Å². The summed E-state index contributed by atoms with van der Waals surface area (Å²) in [6.45, 7) is 0. The number of nitrogens with zero attached hydrogens (tertiary/aromatic N) is 3. The number of nitriles is 1. The number of hydrogen-bond donors (Lipinski definition) is 2. The van der Waals surface area contributed by atoms with Crippen LogP contribution in [0.15, 0.2) is 56.7 Å². The van der Waals surface area contributed by atoms with Gasteiger partial charge in [-0.1, -0.05) is 28.1 Å². The maximum absolute atomic E-state index is 11.0. The standard InChI is InChI=1S/C17H10BrN5O4/c18-9-3-1-8(2-4-9)15-14-13(11-5-6-12(26-11)23(24)25)10(7-19)16(20)27-17(14)22-21-15/h1-6,13H,20H2,(H,21,22)/t13-/m1/s1. The van der Waals surface area contributed by atoms with Crippen molar-refractivity contribution in [1.29, 1.82) is 5.26 Å². The number of halogens is 1. The fraction of sp³-hybridized carbons (Fsp3) is 0.0588. The molecule has 9 nitrogen and oxygen atoms in total. The lowest BCUT2D eigenvalue weighted by molar-refractivity contribution is -0.402. The Kier molecular flexibility index (Phi) is 3.93. The molecule has 27 heavy (non-hydrogen) atoms. The van der Waals surface area contributed by atoms with Crippen LogP contribution in [0.3, 0.4) is 0 Å². The van der Waals surface area contributed by atoms with Crippen molar-refractivity contribution in [2.75, 3.05) is 0 Å². The van der Waals surface area contributed by atoms with Crippen LogP contribution in [0.5, 0.6) is 5.88 Å². The number of nitrogens with one attached hydrogen (secondary N) is 1. The maximum Gasteiger partial charge on any atom is 0.433 e. The third-order valence-electron chi connectivity index (χ3n) is 4.15. The molecule has 3 aromatic rings. The normalized spacial score (nSPS) is 15.8. The highest BCUT2D eigenvalue weighted by molar-refractivity contribution is 9.10. The summed E-state index contributed by atoms with van der Waals surface area (Å²) in [5.41, 5.74) is 7.87. The predicted octanol–water partition coefficient (Wildman–Crippen LogP) is 3.56. The first-order chi connectivity index (χ1) is 13.0. The first-order valence-electron chi connectivity index (χ1n) is 7.65. The molecule has 0 unspecified atom stereocenters. The molecule has 1 aliphatic rings. The number of aromatic amines is 1. The van der Waals surface area contributed by atoms with Gasteiger partial charge >= 0.3 is 5.88 Å². The number of aromatic nitrogens is 2. The van der Waals surface area contributed by atoms with Gasteiger partial charge in [-0.25, -0.2) is 0 Å². The summed E-state index contributed by atoms with van der Waals surface area (Å²) < 4.78 is 11.7. The van der Waals surface area contributed by atoms with E-state index in [1.165, 1.54) is 12.1 Å². The zero-order valence-electron chi connectivity index (χ0n) is 13.5. The van der Waals surface area contributed by atoms with Crippen molar-refractivity contribution in [2.45, 2.75) is 5.92 Å². The van der Waals surface area contributed by atoms with Gasteiger partial charge in [0.05, 0.1) is 23.2 Å². The highest BCUT2D eigenvalue weighted by Gasteiger charge is 2.38. The molecule has 1 aromatic carbocycles. The van der Waals surface area contributed by atoms with Gasteiger partial charge in [0.25, 0.3) is 0 Å². The monoisotopic (exact) mass is 427 g/mol. The number of hydrogen-bond acceptors (Lipinski definition) is 7. The number of fused-ring (bicyclic) bond motifs is 1. The minimum atomic E-state index is -0.787. The average Bonchev–Trinajstić information content (AvgIpc) is 3.28. The smallest absolute Gasteiger partial charge is 0.420 e. The van der Waals surface area contributed by atoms with Crippen molar-refractivity contribution >= 4 is 21.8 Å². The van der Waals surface area contributed by atoms with E-state index < -0.39 is 16.7 Å². The van der Waals surface area contributed by atoms with Crippen molar-refractivity contribution in [2.24, 2.45) is 5.73 Å². The summed E-state index contributed by atoms with van der Waals surface area (Å²) in [5.74, 6) is -0.950. The first-order valence-corrected chi connectivity index (χ1v) is 8.44. The largest absolute Gasteiger partial charge is 0.433 e. The number of furan rings is 1. The molecule has 0 amide bonds. The van der Waals surface area contributed by atoms with Gasteiger partial charge in [0.2, 0.25) is 11.8 Å². The highest BCUT2D eigenvalue weighted by atomic mass is 79.9. The van der Waals surface area contributed by atoms with E-state index in [-0.39, 0.29) is 23.1 Å². The van der Waals surface area contributed by atoms with Gasteiger partial charge in [0, 0.05) is 10.0 Å². The summed E-state index contributed by atoms with van der Waals surface area (Å²) in [6, 6.07) is 12.1. The number of nitro groups is 1. The van der Waals surface area contributed by atoms with E-state index in [2.05, 4.69) is 26.1 Å². The Labute approximate surface area is 160 Å². The Morgan fingerprint density at radius 2 is 2.04 bits per heavy atom. The number of ether oxygens (including phenoxy) is 1. The third kappa shape index (κ3) is 2.74. The Balaban J connectivity index is 1.92. The van der Waals surface area contributed by atoms with Crippen LogP contribution < -0.4 is 10.5 Å². The number of benzene rings is 1. The molecule has 10 heteroatoms. The van der Waals surface area contributed by atoms with Gasteiger partial charge < -0.3 is 14.9 Å². The number of nitrogens with two attached hydrogens (primary N) is 1. The SMILES string of the molecule is N#CC1=C(N)Oc2n[nH]c(-c3ccc(Br)cc3)c2[C@H]1c1ccc([N+](=O)[O-])o1. The van der Waals surface area contributed by atoms with E-state index in [0.29, 0.717) is 11.3 Å². The molecule has 3 N–H and O–H groups in total. The van der Waals surface area contributed by atoms with Crippen LogP contribution in [0.1, 0.15) is 17.2 Å². The van der Waals surface area contributed by atoms with E-state index in [9.17, 15) is 15.4 Å². The van der Waals surface area contributed by atoms with Gasteiger partial charge in [-0.3, -0.25) is 15.2 Å². The summed E-state index contributed by atoms with van der Waals surface area (Å²) in [6.07, 6.45) is 0. The van der Waals surface area contributed by atoms with Crippen molar-refractivity contribution in [3.8, 4) is 23.2 Å². The Hall–Kier alpha value is -3.58. The van der Waals surface area contributed by atoms with Crippen LogP contribution in [-0.2, 0) is 0 Å². The Morgan fingerprint density at radius 1 is 1.30 bits per heavy atom. The zero-order valence-corrected chi connectivity index (χ0v) is 15.1. The average molecular weight is 428 g/mol. The van der Waals surface area contributed by atoms with Crippen molar-refractivity contribution in [3.63, 3.8) is 0 Å². The Bertz CT molecular complexity index is 1120. The second kappa shape index (κ2) is 6.30. The lowest BCUT2D eigenvalue weighted by atomic mass is 9.86. The molecule has 0 fully saturated rings. The van der Waals surface area contributed by atoms with Crippen LogP contribution >= 0.6 is 15.9 Å². The molecule has 134 valence electrons.